The predicted octanol–water partition coefficient (Wildman–Crippen LogP) is 3.74. The van der Waals surface area contributed by atoms with Gasteiger partial charge in [0, 0.05) is 12.2 Å². The van der Waals surface area contributed by atoms with E-state index < -0.39 is 0 Å². The summed E-state index contributed by atoms with van der Waals surface area (Å²) in [5, 5.41) is 7.44. The molecular weight excluding hydrogens is 350 g/mol. The molecule has 0 spiro atoms. The summed E-state index contributed by atoms with van der Waals surface area (Å²) in [6, 6.07) is 12.5. The van der Waals surface area contributed by atoms with Crippen LogP contribution in [0.2, 0.25) is 0 Å². The second-order valence-electron chi connectivity index (χ2n) is 6.51. The smallest absolute Gasteiger partial charge is 0.276 e. The van der Waals surface area contributed by atoms with Gasteiger partial charge in [-0.3, -0.25) is 9.48 Å². The zero-order valence-corrected chi connectivity index (χ0v) is 14.7. The molecule has 0 atom stereocenters. The molecule has 1 aliphatic rings. The van der Waals surface area contributed by atoms with Gasteiger partial charge < -0.3 is 10.2 Å². The number of amides is 1. The van der Waals surface area contributed by atoms with E-state index in [1.807, 2.05) is 13.0 Å². The molecule has 1 aromatic heterocycles. The lowest BCUT2D eigenvalue weighted by atomic mass is 10.2. The van der Waals surface area contributed by atoms with Crippen LogP contribution in [-0.2, 0) is 13.1 Å². The van der Waals surface area contributed by atoms with Gasteiger partial charge in [-0.05, 0) is 55.0 Å². The van der Waals surface area contributed by atoms with Gasteiger partial charge in [-0.25, -0.2) is 8.78 Å². The summed E-state index contributed by atoms with van der Waals surface area (Å²) in [4.78, 5) is 14.4. The number of nitrogens with one attached hydrogen (secondary N) is 1. The number of carbonyl (C=O) groups is 1. The highest BCUT2D eigenvalue weighted by molar-refractivity contribution is 6.05. The molecule has 5 nitrogen and oxygen atoms in total. The van der Waals surface area contributed by atoms with Crippen LogP contribution in [0.1, 0.15) is 21.7 Å². The number of aromatic nitrogens is 2. The number of hydrogen-bond donors (Lipinski definition) is 1. The molecule has 7 heteroatoms. The van der Waals surface area contributed by atoms with Crippen molar-refractivity contribution >= 4 is 17.3 Å². The maximum absolute atomic E-state index is 13.9. The summed E-state index contributed by atoms with van der Waals surface area (Å²) >= 11 is 0. The molecule has 0 saturated heterocycles. The van der Waals surface area contributed by atoms with Crippen LogP contribution in [0.5, 0.6) is 0 Å². The Morgan fingerprint density at radius 3 is 2.59 bits per heavy atom. The van der Waals surface area contributed by atoms with Gasteiger partial charge in [0.15, 0.2) is 0 Å². The van der Waals surface area contributed by atoms with Gasteiger partial charge in [0.25, 0.3) is 5.91 Å². The Morgan fingerprint density at radius 2 is 1.85 bits per heavy atom. The minimum Gasteiger partial charge on any atom is -0.377 e. The second-order valence-corrected chi connectivity index (χ2v) is 6.51. The van der Waals surface area contributed by atoms with E-state index in [1.165, 1.54) is 18.2 Å². The minimum absolute atomic E-state index is 0.187. The van der Waals surface area contributed by atoms with E-state index >= 15 is 0 Å². The van der Waals surface area contributed by atoms with E-state index in [9.17, 15) is 13.6 Å². The van der Waals surface area contributed by atoms with Crippen molar-refractivity contribution in [2.75, 3.05) is 16.8 Å². The summed E-state index contributed by atoms with van der Waals surface area (Å²) in [5.41, 5.74) is 3.01. The lowest BCUT2D eigenvalue weighted by molar-refractivity contribution is 0.0962. The van der Waals surface area contributed by atoms with Crippen LogP contribution < -0.4 is 10.2 Å². The molecular formula is C20H18F2N4O. The quantitative estimate of drug-likeness (QED) is 0.763. The van der Waals surface area contributed by atoms with Crippen LogP contribution in [0.4, 0.5) is 20.2 Å². The van der Waals surface area contributed by atoms with Crippen molar-refractivity contribution in [3.63, 3.8) is 0 Å². The molecule has 0 unspecified atom stereocenters. The van der Waals surface area contributed by atoms with E-state index in [0.29, 0.717) is 42.4 Å². The minimum atomic E-state index is -0.343. The molecule has 1 N–H and O–H groups in total. The SMILES string of the molecule is Cc1ccc(NCc2cc3n(n2)CCN(c2ccc(F)cc2)C3=O)c(F)c1. The van der Waals surface area contributed by atoms with Gasteiger partial charge in [0.1, 0.15) is 17.3 Å². The van der Waals surface area contributed by atoms with Crippen molar-refractivity contribution in [1.82, 2.24) is 9.78 Å². The second kappa shape index (κ2) is 6.83. The Hall–Kier alpha value is -3.22. The van der Waals surface area contributed by atoms with Crippen molar-refractivity contribution in [2.24, 2.45) is 0 Å². The number of hydrogen-bond acceptors (Lipinski definition) is 3. The average Bonchev–Trinajstić information content (AvgIpc) is 3.06. The van der Waals surface area contributed by atoms with Gasteiger partial charge in [0.2, 0.25) is 0 Å². The Morgan fingerprint density at radius 1 is 1.07 bits per heavy atom. The molecule has 0 aliphatic carbocycles. The highest BCUT2D eigenvalue weighted by atomic mass is 19.1. The number of carbonyl (C=O) groups excluding carboxylic acids is 1. The number of halogens is 2. The van der Waals surface area contributed by atoms with Crippen molar-refractivity contribution in [1.29, 1.82) is 0 Å². The highest BCUT2D eigenvalue weighted by Crippen LogP contribution is 2.22. The fraction of sp³-hybridized carbons (Fsp3) is 0.200. The summed E-state index contributed by atoms with van der Waals surface area (Å²) in [7, 11) is 0. The normalized spacial score (nSPS) is 13.6. The first-order valence-electron chi connectivity index (χ1n) is 8.65. The fourth-order valence-electron chi connectivity index (χ4n) is 3.15. The largest absolute Gasteiger partial charge is 0.377 e. The first kappa shape index (κ1) is 17.2. The summed E-state index contributed by atoms with van der Waals surface area (Å²) < 4.78 is 28.7. The molecule has 4 rings (SSSR count). The summed E-state index contributed by atoms with van der Waals surface area (Å²) in [6.45, 7) is 3.13. The van der Waals surface area contributed by atoms with Gasteiger partial charge in [-0.1, -0.05) is 6.07 Å². The van der Waals surface area contributed by atoms with Gasteiger partial charge in [-0.15, -0.1) is 0 Å². The zero-order valence-electron chi connectivity index (χ0n) is 14.7. The van der Waals surface area contributed by atoms with Crippen LogP contribution in [-0.4, -0.2) is 22.2 Å². The van der Waals surface area contributed by atoms with Crippen LogP contribution in [0, 0.1) is 18.6 Å². The molecule has 0 saturated carbocycles. The Bertz CT molecular complexity index is 998. The number of anilines is 2. The zero-order chi connectivity index (χ0) is 19.0. The molecule has 138 valence electrons. The van der Waals surface area contributed by atoms with Gasteiger partial charge >= 0.3 is 0 Å². The first-order chi connectivity index (χ1) is 13.0. The standard InChI is InChI=1S/C20H18F2N4O/c1-13-2-7-18(17(22)10-13)23-12-15-11-19-20(27)25(8-9-26(19)24-15)16-5-3-14(21)4-6-16/h2-7,10-11,23H,8-9,12H2,1H3. The van der Waals surface area contributed by atoms with E-state index in [0.717, 1.165) is 5.56 Å². The predicted molar refractivity (Wildman–Crippen MR) is 98.8 cm³/mol. The van der Waals surface area contributed by atoms with E-state index in [-0.39, 0.29) is 17.5 Å². The van der Waals surface area contributed by atoms with E-state index in [1.54, 1.807) is 33.8 Å². The molecule has 0 bridgehead atoms. The molecule has 0 fully saturated rings. The monoisotopic (exact) mass is 368 g/mol. The van der Waals surface area contributed by atoms with Crippen LogP contribution in [0.3, 0.4) is 0 Å². The average molecular weight is 368 g/mol. The molecule has 27 heavy (non-hydrogen) atoms. The van der Waals surface area contributed by atoms with Crippen molar-refractivity contribution in [2.45, 2.75) is 20.0 Å². The fourth-order valence-corrected chi connectivity index (χ4v) is 3.15. The maximum atomic E-state index is 13.9. The van der Waals surface area contributed by atoms with Crippen LogP contribution in [0.15, 0.2) is 48.5 Å². The van der Waals surface area contributed by atoms with Gasteiger partial charge in [-0.2, -0.15) is 5.10 Å². The first-order valence-corrected chi connectivity index (χ1v) is 8.65. The van der Waals surface area contributed by atoms with Crippen molar-refractivity contribution < 1.29 is 13.6 Å². The van der Waals surface area contributed by atoms with Crippen LogP contribution in [0.25, 0.3) is 0 Å². The molecule has 2 aromatic carbocycles. The number of benzene rings is 2. The Balaban J connectivity index is 1.51. The molecule has 2 heterocycles. The number of nitrogens with zero attached hydrogens (tertiary/aromatic N) is 3. The lowest BCUT2D eigenvalue weighted by Crippen LogP contribution is -2.40. The molecule has 0 radical (unpaired) electrons. The third-order valence-electron chi connectivity index (χ3n) is 4.55. The maximum Gasteiger partial charge on any atom is 0.276 e. The van der Waals surface area contributed by atoms with Gasteiger partial charge in [0.05, 0.1) is 24.5 Å². The number of fused-ring (bicyclic) bond motifs is 1. The molecule has 3 aromatic rings. The summed E-state index contributed by atoms with van der Waals surface area (Å²) in [6.07, 6.45) is 0. The summed E-state index contributed by atoms with van der Waals surface area (Å²) in [5.74, 6) is -0.851. The molecule has 1 aliphatic heterocycles. The van der Waals surface area contributed by atoms with Crippen LogP contribution >= 0.6 is 0 Å². The lowest BCUT2D eigenvalue weighted by Gasteiger charge is -2.27. The Labute approximate surface area is 155 Å². The van der Waals surface area contributed by atoms with E-state index in [4.69, 9.17) is 0 Å². The molecule has 1 amide bonds. The highest BCUT2D eigenvalue weighted by Gasteiger charge is 2.27. The third-order valence-corrected chi connectivity index (χ3v) is 4.55. The van der Waals surface area contributed by atoms with Crippen molar-refractivity contribution in [3.05, 3.63) is 77.1 Å². The van der Waals surface area contributed by atoms with E-state index in [2.05, 4.69) is 10.4 Å². The number of aryl methyl sites for hydroxylation is 1. The van der Waals surface area contributed by atoms with Crippen molar-refractivity contribution in [3.8, 4) is 0 Å². The Kier molecular flexibility index (Phi) is 4.35. The topological polar surface area (TPSA) is 50.2 Å². The number of rotatable bonds is 4. The third kappa shape index (κ3) is 3.40.